The van der Waals surface area contributed by atoms with Crippen molar-refractivity contribution >= 4 is 0 Å². The van der Waals surface area contributed by atoms with Crippen LogP contribution in [0.4, 0.5) is 0 Å². The quantitative estimate of drug-likeness (QED) is 0.614. The fraction of sp³-hybridized carbons (Fsp3) is 1.00. The van der Waals surface area contributed by atoms with E-state index in [9.17, 15) is 0 Å². The summed E-state index contributed by atoms with van der Waals surface area (Å²) in [7, 11) is 0. The summed E-state index contributed by atoms with van der Waals surface area (Å²) in [6.45, 7) is 11.7. The summed E-state index contributed by atoms with van der Waals surface area (Å²) in [4.78, 5) is 2.59. The van der Waals surface area contributed by atoms with E-state index in [0.717, 1.165) is 5.92 Å². The molecule has 0 amide bonds. The molecule has 0 spiro atoms. The van der Waals surface area contributed by atoms with Crippen molar-refractivity contribution in [1.29, 1.82) is 0 Å². The van der Waals surface area contributed by atoms with Crippen molar-refractivity contribution in [2.24, 2.45) is 17.1 Å². The Morgan fingerprint density at radius 3 is 2.38 bits per heavy atom. The second kappa shape index (κ2) is 2.48. The molecule has 1 aliphatic carbocycles. The Kier molecular flexibility index (Phi) is 1.81. The van der Waals surface area contributed by atoms with Gasteiger partial charge in [-0.2, -0.15) is 0 Å². The first-order chi connectivity index (χ1) is 5.83. The molecule has 1 saturated heterocycles. The largest absolute Gasteiger partial charge is 0.327 e. The van der Waals surface area contributed by atoms with E-state index in [-0.39, 0.29) is 0 Å². The molecule has 0 aromatic rings. The zero-order valence-corrected chi connectivity index (χ0v) is 9.30. The number of fused-ring (bicyclic) bond motifs is 1. The second-order valence-corrected chi connectivity index (χ2v) is 6.18. The average Bonchev–Trinajstić information content (AvgIpc) is 2.21. The van der Waals surface area contributed by atoms with Gasteiger partial charge in [0.05, 0.1) is 0 Å². The maximum atomic E-state index is 6.03. The predicted molar refractivity (Wildman–Crippen MR) is 55.5 cm³/mol. The van der Waals surface area contributed by atoms with E-state index in [0.29, 0.717) is 17.0 Å². The van der Waals surface area contributed by atoms with E-state index in [1.54, 1.807) is 0 Å². The third-order valence-electron chi connectivity index (χ3n) is 4.03. The van der Waals surface area contributed by atoms with Gasteiger partial charge in [0.2, 0.25) is 0 Å². The lowest BCUT2D eigenvalue weighted by Crippen LogP contribution is -2.53. The molecule has 13 heavy (non-hydrogen) atoms. The van der Waals surface area contributed by atoms with Crippen LogP contribution in [0.1, 0.15) is 34.1 Å². The first-order valence-corrected chi connectivity index (χ1v) is 5.34. The van der Waals surface area contributed by atoms with Crippen LogP contribution in [-0.2, 0) is 0 Å². The molecule has 1 saturated carbocycles. The standard InChI is InChI=1S/C11H22N2/c1-10(2,3)13-6-8-9(12)5-11(8,4)7-13/h8-9H,5-7,12H2,1-4H3/t8?,9-,11-/m1/s1. The van der Waals surface area contributed by atoms with E-state index in [1.165, 1.54) is 19.5 Å². The molecule has 1 unspecified atom stereocenters. The summed E-state index contributed by atoms with van der Waals surface area (Å²) >= 11 is 0. The van der Waals surface area contributed by atoms with Gasteiger partial charge in [-0.3, -0.25) is 4.90 Å². The molecule has 0 aromatic heterocycles. The van der Waals surface area contributed by atoms with Crippen LogP contribution in [0.15, 0.2) is 0 Å². The minimum absolute atomic E-state index is 0.320. The first-order valence-electron chi connectivity index (χ1n) is 5.34. The number of nitrogens with two attached hydrogens (primary N) is 1. The van der Waals surface area contributed by atoms with Crippen molar-refractivity contribution in [1.82, 2.24) is 4.90 Å². The molecule has 0 radical (unpaired) electrons. The van der Waals surface area contributed by atoms with Crippen molar-refractivity contribution in [2.75, 3.05) is 13.1 Å². The molecule has 1 aliphatic heterocycles. The normalized spacial score (nSPS) is 45.9. The van der Waals surface area contributed by atoms with Crippen LogP contribution >= 0.6 is 0 Å². The topological polar surface area (TPSA) is 29.3 Å². The van der Waals surface area contributed by atoms with Crippen LogP contribution in [0.3, 0.4) is 0 Å². The van der Waals surface area contributed by atoms with Gasteiger partial charge >= 0.3 is 0 Å². The zero-order chi connectivity index (χ0) is 9.85. The Hall–Kier alpha value is -0.0800. The molecule has 2 heteroatoms. The van der Waals surface area contributed by atoms with Gasteiger partial charge in [0.1, 0.15) is 0 Å². The smallest absolute Gasteiger partial charge is 0.0125 e. The molecular weight excluding hydrogens is 160 g/mol. The summed E-state index contributed by atoms with van der Waals surface area (Å²) in [5.74, 6) is 0.756. The number of hydrogen-bond acceptors (Lipinski definition) is 2. The van der Waals surface area contributed by atoms with Gasteiger partial charge in [-0.25, -0.2) is 0 Å². The molecular formula is C11H22N2. The lowest BCUT2D eigenvalue weighted by molar-refractivity contribution is 0.0738. The summed E-state index contributed by atoms with van der Waals surface area (Å²) in [5.41, 5.74) is 6.88. The average molecular weight is 182 g/mol. The van der Waals surface area contributed by atoms with Crippen LogP contribution in [-0.4, -0.2) is 29.6 Å². The van der Waals surface area contributed by atoms with Crippen LogP contribution in [0, 0.1) is 11.3 Å². The monoisotopic (exact) mass is 182 g/mol. The fourth-order valence-electron chi connectivity index (χ4n) is 2.98. The minimum atomic E-state index is 0.320. The summed E-state index contributed by atoms with van der Waals surface area (Å²) < 4.78 is 0. The second-order valence-electron chi connectivity index (χ2n) is 6.18. The van der Waals surface area contributed by atoms with Crippen LogP contribution in [0.5, 0.6) is 0 Å². The van der Waals surface area contributed by atoms with Crippen molar-refractivity contribution in [3.05, 3.63) is 0 Å². The Balaban J connectivity index is 2.09. The highest BCUT2D eigenvalue weighted by molar-refractivity contribution is 5.09. The summed E-state index contributed by atoms with van der Waals surface area (Å²) in [5, 5.41) is 0. The van der Waals surface area contributed by atoms with Crippen LogP contribution in [0.25, 0.3) is 0 Å². The zero-order valence-electron chi connectivity index (χ0n) is 9.30. The SMILES string of the molecule is CC(C)(C)N1CC2[C@H](N)C[C@]2(C)C1. The van der Waals surface area contributed by atoms with E-state index >= 15 is 0 Å². The summed E-state index contributed by atoms with van der Waals surface area (Å²) in [6, 6.07) is 0.470. The molecule has 2 rings (SSSR count). The molecule has 2 N–H and O–H groups in total. The lowest BCUT2D eigenvalue weighted by Gasteiger charge is -2.46. The van der Waals surface area contributed by atoms with Crippen LogP contribution in [0.2, 0.25) is 0 Å². The van der Waals surface area contributed by atoms with Gasteiger partial charge in [-0.1, -0.05) is 6.92 Å². The maximum absolute atomic E-state index is 6.03. The first kappa shape index (κ1) is 9.47. The Bertz CT molecular complexity index is 219. The van der Waals surface area contributed by atoms with Crippen molar-refractivity contribution < 1.29 is 0 Å². The number of rotatable bonds is 0. The number of likely N-dealkylation sites (tertiary alicyclic amines) is 1. The van der Waals surface area contributed by atoms with E-state index in [4.69, 9.17) is 5.73 Å². The molecule has 0 aromatic carbocycles. The predicted octanol–water partition coefficient (Wildman–Crippen LogP) is 1.45. The van der Waals surface area contributed by atoms with Crippen LogP contribution < -0.4 is 5.73 Å². The molecule has 3 atom stereocenters. The Morgan fingerprint density at radius 1 is 1.38 bits per heavy atom. The fourth-order valence-corrected chi connectivity index (χ4v) is 2.98. The third-order valence-corrected chi connectivity index (χ3v) is 4.03. The molecule has 2 nitrogen and oxygen atoms in total. The van der Waals surface area contributed by atoms with Gasteiger partial charge in [-0.05, 0) is 38.5 Å². The molecule has 2 aliphatic rings. The van der Waals surface area contributed by atoms with Crippen molar-refractivity contribution in [3.63, 3.8) is 0 Å². The third kappa shape index (κ3) is 1.31. The van der Waals surface area contributed by atoms with Gasteiger partial charge in [0, 0.05) is 24.7 Å². The van der Waals surface area contributed by atoms with Gasteiger partial charge in [0.25, 0.3) is 0 Å². The molecule has 1 heterocycles. The highest BCUT2D eigenvalue weighted by Crippen LogP contribution is 2.51. The number of nitrogens with zero attached hydrogens (tertiary/aromatic N) is 1. The van der Waals surface area contributed by atoms with Crippen molar-refractivity contribution in [3.8, 4) is 0 Å². The Morgan fingerprint density at radius 2 is 2.00 bits per heavy atom. The van der Waals surface area contributed by atoms with E-state index in [1.807, 2.05) is 0 Å². The highest BCUT2D eigenvalue weighted by Gasteiger charge is 2.55. The van der Waals surface area contributed by atoms with E-state index in [2.05, 4.69) is 32.6 Å². The van der Waals surface area contributed by atoms with Gasteiger partial charge in [0.15, 0.2) is 0 Å². The molecule has 0 bridgehead atoms. The number of hydrogen-bond donors (Lipinski definition) is 1. The molecule has 76 valence electrons. The minimum Gasteiger partial charge on any atom is -0.327 e. The van der Waals surface area contributed by atoms with Crippen molar-refractivity contribution in [2.45, 2.75) is 45.7 Å². The molecule has 2 fully saturated rings. The van der Waals surface area contributed by atoms with Gasteiger partial charge in [-0.15, -0.1) is 0 Å². The lowest BCUT2D eigenvalue weighted by atomic mass is 9.60. The van der Waals surface area contributed by atoms with E-state index < -0.39 is 0 Å². The maximum Gasteiger partial charge on any atom is 0.0125 e. The van der Waals surface area contributed by atoms with Gasteiger partial charge < -0.3 is 5.73 Å². The Labute approximate surface area is 81.5 Å². The summed E-state index contributed by atoms with van der Waals surface area (Å²) in [6.07, 6.45) is 1.23. The highest BCUT2D eigenvalue weighted by atomic mass is 15.2.